The molecule has 132 valence electrons. The maximum absolute atomic E-state index is 12.7. The highest BCUT2D eigenvalue weighted by Crippen LogP contribution is 2.40. The lowest BCUT2D eigenvalue weighted by Gasteiger charge is -2.12. The molecular weight excluding hydrogens is 442 g/mol. The molecule has 0 bridgehead atoms. The molecule has 8 heteroatoms. The predicted octanol–water partition coefficient (Wildman–Crippen LogP) is 5.07. The van der Waals surface area contributed by atoms with Gasteiger partial charge in [0, 0.05) is 9.50 Å². The minimum absolute atomic E-state index is 0.169. The summed E-state index contributed by atoms with van der Waals surface area (Å²) in [5.74, 6) is 0.934. The van der Waals surface area contributed by atoms with Gasteiger partial charge in [-0.3, -0.25) is 14.5 Å². The van der Waals surface area contributed by atoms with Crippen molar-refractivity contribution in [1.29, 1.82) is 0 Å². The van der Waals surface area contributed by atoms with Crippen molar-refractivity contribution in [3.05, 3.63) is 61.9 Å². The number of hydrogen-bond acceptors (Lipinski definition) is 5. The highest BCUT2D eigenvalue weighted by atomic mass is 79.9. The molecule has 1 saturated heterocycles. The molecule has 2 aliphatic heterocycles. The summed E-state index contributed by atoms with van der Waals surface area (Å²) >= 11 is 10.2. The van der Waals surface area contributed by atoms with Gasteiger partial charge in [0.2, 0.25) is 6.79 Å². The Hall–Kier alpha value is -1.96. The van der Waals surface area contributed by atoms with Crippen LogP contribution in [-0.2, 0) is 11.3 Å². The van der Waals surface area contributed by atoms with Crippen LogP contribution in [0.15, 0.2) is 45.8 Å². The highest BCUT2D eigenvalue weighted by Gasteiger charge is 2.35. The molecule has 0 radical (unpaired) electrons. The molecule has 0 aromatic heterocycles. The van der Waals surface area contributed by atoms with E-state index in [2.05, 4.69) is 15.9 Å². The minimum Gasteiger partial charge on any atom is -0.454 e. The first-order chi connectivity index (χ1) is 12.5. The van der Waals surface area contributed by atoms with E-state index in [4.69, 9.17) is 21.1 Å². The van der Waals surface area contributed by atoms with E-state index >= 15 is 0 Å². The average molecular weight is 453 g/mol. The highest BCUT2D eigenvalue weighted by molar-refractivity contribution is 9.10. The summed E-state index contributed by atoms with van der Waals surface area (Å²) in [5.41, 5.74) is 1.58. The molecule has 2 heterocycles. The molecule has 0 aliphatic carbocycles. The second-order valence-corrected chi connectivity index (χ2v) is 7.91. The molecule has 26 heavy (non-hydrogen) atoms. The lowest BCUT2D eigenvalue weighted by atomic mass is 10.1. The standard InChI is InChI=1S/C18H11BrClNO4S/c19-13-7-15-14(24-9-25-15)5-11(13)6-16-17(22)21(18(23)26-16)8-10-1-3-12(20)4-2-10/h1-7H,8-9H2/b16-6-. The lowest BCUT2D eigenvalue weighted by Crippen LogP contribution is -2.27. The van der Waals surface area contributed by atoms with Gasteiger partial charge in [0.05, 0.1) is 11.4 Å². The number of amides is 2. The van der Waals surface area contributed by atoms with Crippen LogP contribution >= 0.6 is 39.3 Å². The number of imide groups is 1. The van der Waals surface area contributed by atoms with Crippen LogP contribution in [0.1, 0.15) is 11.1 Å². The van der Waals surface area contributed by atoms with Crippen molar-refractivity contribution in [3.63, 3.8) is 0 Å². The van der Waals surface area contributed by atoms with Gasteiger partial charge in [0.1, 0.15) is 0 Å². The molecule has 2 aromatic carbocycles. The van der Waals surface area contributed by atoms with Crippen LogP contribution in [0.2, 0.25) is 5.02 Å². The molecule has 0 saturated carbocycles. The Morgan fingerprint density at radius 2 is 1.85 bits per heavy atom. The Bertz CT molecular complexity index is 945. The number of halogens is 2. The van der Waals surface area contributed by atoms with Crippen LogP contribution in [-0.4, -0.2) is 22.8 Å². The monoisotopic (exact) mass is 451 g/mol. The largest absolute Gasteiger partial charge is 0.454 e. The number of ether oxygens (including phenoxy) is 2. The van der Waals surface area contributed by atoms with Crippen molar-refractivity contribution >= 4 is 56.5 Å². The maximum atomic E-state index is 12.7. The van der Waals surface area contributed by atoms with E-state index in [0.717, 1.165) is 27.4 Å². The third-order valence-electron chi connectivity index (χ3n) is 3.91. The second kappa shape index (κ2) is 6.98. The van der Waals surface area contributed by atoms with Crippen LogP contribution in [0.4, 0.5) is 4.79 Å². The first-order valence-electron chi connectivity index (χ1n) is 7.60. The average Bonchev–Trinajstić information content (AvgIpc) is 3.16. The number of thioether (sulfide) groups is 1. The van der Waals surface area contributed by atoms with E-state index in [1.807, 2.05) is 0 Å². The van der Waals surface area contributed by atoms with E-state index in [0.29, 0.717) is 21.4 Å². The Labute approximate surface area is 167 Å². The first kappa shape index (κ1) is 17.5. The molecule has 0 N–H and O–H groups in total. The zero-order valence-electron chi connectivity index (χ0n) is 13.2. The van der Waals surface area contributed by atoms with Gasteiger partial charge >= 0.3 is 0 Å². The Morgan fingerprint density at radius 1 is 1.15 bits per heavy atom. The molecular formula is C18H11BrClNO4S. The van der Waals surface area contributed by atoms with Gasteiger partial charge < -0.3 is 9.47 Å². The fourth-order valence-electron chi connectivity index (χ4n) is 2.59. The Morgan fingerprint density at radius 3 is 2.58 bits per heavy atom. The third kappa shape index (κ3) is 3.34. The fourth-order valence-corrected chi connectivity index (χ4v) is 3.99. The first-order valence-corrected chi connectivity index (χ1v) is 9.59. The quantitative estimate of drug-likeness (QED) is 0.609. The number of carbonyl (C=O) groups excluding carboxylic acids is 2. The van der Waals surface area contributed by atoms with E-state index in [9.17, 15) is 9.59 Å². The van der Waals surface area contributed by atoms with E-state index in [1.54, 1.807) is 42.5 Å². The van der Waals surface area contributed by atoms with E-state index in [1.165, 1.54) is 4.90 Å². The molecule has 0 unspecified atom stereocenters. The summed E-state index contributed by atoms with van der Waals surface area (Å²) in [6, 6.07) is 10.6. The van der Waals surface area contributed by atoms with Crippen molar-refractivity contribution in [3.8, 4) is 11.5 Å². The van der Waals surface area contributed by atoms with Crippen LogP contribution in [0.5, 0.6) is 11.5 Å². The maximum Gasteiger partial charge on any atom is 0.293 e. The minimum atomic E-state index is -0.320. The molecule has 0 spiro atoms. The van der Waals surface area contributed by atoms with Crippen LogP contribution < -0.4 is 9.47 Å². The van der Waals surface area contributed by atoms with Gasteiger partial charge in [0.15, 0.2) is 11.5 Å². The molecule has 1 fully saturated rings. The lowest BCUT2D eigenvalue weighted by molar-refractivity contribution is -0.123. The number of rotatable bonds is 3. The predicted molar refractivity (Wildman–Crippen MR) is 103 cm³/mol. The fraction of sp³-hybridized carbons (Fsp3) is 0.111. The molecule has 5 nitrogen and oxygen atoms in total. The van der Waals surface area contributed by atoms with Gasteiger partial charge in [-0.2, -0.15) is 0 Å². The van der Waals surface area contributed by atoms with Gasteiger partial charge in [-0.15, -0.1) is 0 Å². The van der Waals surface area contributed by atoms with Crippen LogP contribution in [0.25, 0.3) is 6.08 Å². The van der Waals surface area contributed by atoms with Crippen molar-refractivity contribution in [2.45, 2.75) is 6.54 Å². The molecule has 4 rings (SSSR count). The Balaban J connectivity index is 1.59. The Kier molecular flexibility index (Phi) is 4.69. The summed E-state index contributed by atoms with van der Waals surface area (Å²) in [4.78, 5) is 26.5. The zero-order valence-corrected chi connectivity index (χ0v) is 16.4. The topological polar surface area (TPSA) is 55.8 Å². The van der Waals surface area contributed by atoms with Crippen LogP contribution in [0.3, 0.4) is 0 Å². The summed E-state index contributed by atoms with van der Waals surface area (Å²) in [7, 11) is 0. The summed E-state index contributed by atoms with van der Waals surface area (Å²) < 4.78 is 11.4. The summed E-state index contributed by atoms with van der Waals surface area (Å²) in [6.45, 7) is 0.379. The van der Waals surface area contributed by atoms with Crippen molar-refractivity contribution in [1.82, 2.24) is 4.90 Å². The number of nitrogens with zero attached hydrogens (tertiary/aromatic N) is 1. The molecule has 2 aliphatic rings. The number of carbonyl (C=O) groups is 2. The smallest absolute Gasteiger partial charge is 0.293 e. The number of hydrogen-bond donors (Lipinski definition) is 0. The van der Waals surface area contributed by atoms with E-state index in [-0.39, 0.29) is 24.5 Å². The van der Waals surface area contributed by atoms with Crippen LogP contribution in [0, 0.1) is 0 Å². The van der Waals surface area contributed by atoms with Crippen molar-refractivity contribution in [2.75, 3.05) is 6.79 Å². The van der Waals surface area contributed by atoms with Gasteiger partial charge in [0.25, 0.3) is 11.1 Å². The third-order valence-corrected chi connectivity index (χ3v) is 5.75. The molecule has 2 aromatic rings. The molecule has 2 amide bonds. The van der Waals surface area contributed by atoms with Gasteiger partial charge in [-0.25, -0.2) is 0 Å². The van der Waals surface area contributed by atoms with Gasteiger partial charge in [-0.1, -0.05) is 39.7 Å². The number of fused-ring (bicyclic) bond motifs is 1. The number of benzene rings is 2. The summed E-state index contributed by atoms with van der Waals surface area (Å²) in [6.07, 6.45) is 1.68. The van der Waals surface area contributed by atoms with E-state index < -0.39 is 0 Å². The normalized spacial score (nSPS) is 17.5. The SMILES string of the molecule is O=C1S/C(=C\c2cc3c(cc2Br)OCO3)C(=O)N1Cc1ccc(Cl)cc1. The zero-order chi connectivity index (χ0) is 18.3. The van der Waals surface area contributed by atoms with Gasteiger partial charge in [-0.05, 0) is 53.2 Å². The molecule has 0 atom stereocenters. The summed E-state index contributed by atoms with van der Waals surface area (Å²) in [5, 5.41) is 0.309. The second-order valence-electron chi connectivity index (χ2n) is 5.62. The van der Waals surface area contributed by atoms with Crippen molar-refractivity contribution in [2.24, 2.45) is 0 Å². The van der Waals surface area contributed by atoms with Crippen molar-refractivity contribution < 1.29 is 19.1 Å².